The Kier molecular flexibility index (Phi) is 3.85. The molecule has 0 bridgehead atoms. The van der Waals surface area contributed by atoms with Gasteiger partial charge in [-0.25, -0.2) is 0 Å². The van der Waals surface area contributed by atoms with Crippen molar-refractivity contribution in [1.82, 2.24) is 5.32 Å². The van der Waals surface area contributed by atoms with E-state index in [-0.39, 0.29) is 33.3 Å². The van der Waals surface area contributed by atoms with Gasteiger partial charge in [0.15, 0.2) is 0 Å². The number of anilines is 1. The molecule has 1 fully saturated rings. The van der Waals surface area contributed by atoms with Gasteiger partial charge >= 0.3 is 0 Å². The topological polar surface area (TPSA) is 98.3 Å². The van der Waals surface area contributed by atoms with Crippen LogP contribution in [0.2, 0.25) is 5.02 Å². The second-order valence-electron chi connectivity index (χ2n) is 5.49. The Balaban J connectivity index is 2.15. The standard InChI is InChI=1S/C13H16ClN3O3/c1-13(3-2-4-13)7-16-12(18)8-5-9(14)11(15)10(6-8)17(19)20/h5-6H,2-4,7,15H2,1H3,(H,16,18). The van der Waals surface area contributed by atoms with Gasteiger partial charge in [0.05, 0.1) is 9.95 Å². The van der Waals surface area contributed by atoms with E-state index in [0.29, 0.717) is 6.54 Å². The van der Waals surface area contributed by atoms with Crippen molar-refractivity contribution < 1.29 is 9.72 Å². The predicted molar refractivity (Wildman–Crippen MR) is 76.8 cm³/mol. The minimum atomic E-state index is -0.648. The minimum absolute atomic E-state index is 0.0132. The van der Waals surface area contributed by atoms with E-state index in [1.807, 2.05) is 0 Å². The number of rotatable bonds is 4. The van der Waals surface area contributed by atoms with Crippen molar-refractivity contribution in [3.63, 3.8) is 0 Å². The molecular weight excluding hydrogens is 282 g/mol. The van der Waals surface area contributed by atoms with Gasteiger partial charge in [-0.1, -0.05) is 24.9 Å². The van der Waals surface area contributed by atoms with Crippen molar-refractivity contribution in [2.75, 3.05) is 12.3 Å². The quantitative estimate of drug-likeness (QED) is 0.507. The van der Waals surface area contributed by atoms with Crippen molar-refractivity contribution in [2.24, 2.45) is 5.41 Å². The van der Waals surface area contributed by atoms with Crippen molar-refractivity contribution in [2.45, 2.75) is 26.2 Å². The smallest absolute Gasteiger partial charge is 0.294 e. The van der Waals surface area contributed by atoms with Crippen LogP contribution >= 0.6 is 11.6 Å². The van der Waals surface area contributed by atoms with Gasteiger partial charge in [-0.15, -0.1) is 0 Å². The maximum Gasteiger partial charge on any atom is 0.294 e. The van der Waals surface area contributed by atoms with E-state index in [9.17, 15) is 14.9 Å². The molecule has 1 aliphatic rings. The third-order valence-corrected chi connectivity index (χ3v) is 4.12. The number of hydrogen-bond acceptors (Lipinski definition) is 4. The number of nitro benzene ring substituents is 1. The number of benzene rings is 1. The molecule has 0 unspecified atom stereocenters. The fourth-order valence-corrected chi connectivity index (χ4v) is 2.45. The summed E-state index contributed by atoms with van der Waals surface area (Å²) >= 11 is 5.83. The van der Waals surface area contributed by atoms with E-state index >= 15 is 0 Å². The molecule has 0 atom stereocenters. The second-order valence-corrected chi connectivity index (χ2v) is 5.90. The van der Waals surface area contributed by atoms with Crippen molar-refractivity contribution in [3.8, 4) is 0 Å². The van der Waals surface area contributed by atoms with E-state index in [0.717, 1.165) is 18.9 Å². The largest absolute Gasteiger partial charge is 0.392 e. The molecule has 7 heteroatoms. The Morgan fingerprint density at radius 2 is 2.20 bits per heavy atom. The summed E-state index contributed by atoms with van der Waals surface area (Å²) in [7, 11) is 0. The molecular formula is C13H16ClN3O3. The van der Waals surface area contributed by atoms with Gasteiger partial charge in [-0.05, 0) is 24.3 Å². The first-order valence-corrected chi connectivity index (χ1v) is 6.72. The molecule has 0 heterocycles. The second kappa shape index (κ2) is 5.28. The molecule has 1 saturated carbocycles. The number of halogens is 1. The lowest BCUT2D eigenvalue weighted by atomic mass is 9.70. The molecule has 0 aromatic heterocycles. The predicted octanol–water partition coefficient (Wildman–Crippen LogP) is 2.75. The van der Waals surface area contributed by atoms with Crippen molar-refractivity contribution in [3.05, 3.63) is 32.8 Å². The summed E-state index contributed by atoms with van der Waals surface area (Å²) in [6.07, 6.45) is 3.33. The summed E-state index contributed by atoms with van der Waals surface area (Å²) in [5, 5.41) is 13.7. The van der Waals surface area contributed by atoms with Crippen LogP contribution in [0.25, 0.3) is 0 Å². The number of nitrogens with one attached hydrogen (secondary N) is 1. The van der Waals surface area contributed by atoms with E-state index in [4.69, 9.17) is 17.3 Å². The summed E-state index contributed by atoms with van der Waals surface area (Å²) in [6.45, 7) is 2.66. The third kappa shape index (κ3) is 2.85. The molecule has 1 aromatic rings. The van der Waals surface area contributed by atoms with E-state index in [2.05, 4.69) is 12.2 Å². The maximum absolute atomic E-state index is 12.0. The molecule has 1 aliphatic carbocycles. The third-order valence-electron chi connectivity index (χ3n) is 3.80. The molecule has 0 radical (unpaired) electrons. The Morgan fingerprint density at radius 3 is 2.70 bits per heavy atom. The highest BCUT2D eigenvalue weighted by atomic mass is 35.5. The van der Waals surface area contributed by atoms with Crippen molar-refractivity contribution in [1.29, 1.82) is 0 Å². The Morgan fingerprint density at radius 1 is 1.55 bits per heavy atom. The van der Waals surface area contributed by atoms with Gasteiger partial charge in [0.2, 0.25) is 0 Å². The maximum atomic E-state index is 12.0. The van der Waals surface area contributed by atoms with Crippen LogP contribution in [0.1, 0.15) is 36.5 Å². The number of nitrogens with zero attached hydrogens (tertiary/aromatic N) is 1. The van der Waals surface area contributed by atoms with Crippen LogP contribution in [0.5, 0.6) is 0 Å². The zero-order chi connectivity index (χ0) is 14.9. The summed E-state index contributed by atoms with van der Waals surface area (Å²) in [4.78, 5) is 22.2. The number of nitro groups is 1. The molecule has 1 amide bonds. The molecule has 3 N–H and O–H groups in total. The molecule has 0 spiro atoms. The number of nitrogen functional groups attached to an aromatic ring is 1. The van der Waals surface area contributed by atoms with Crippen LogP contribution in [-0.2, 0) is 0 Å². The van der Waals surface area contributed by atoms with Crippen LogP contribution < -0.4 is 11.1 Å². The minimum Gasteiger partial charge on any atom is -0.392 e. The van der Waals surface area contributed by atoms with Crippen LogP contribution in [0, 0.1) is 15.5 Å². The molecule has 0 saturated heterocycles. The van der Waals surface area contributed by atoms with Crippen LogP contribution in [-0.4, -0.2) is 17.4 Å². The average molecular weight is 298 g/mol. The van der Waals surface area contributed by atoms with Gasteiger partial charge < -0.3 is 11.1 Å². The van der Waals surface area contributed by atoms with Gasteiger partial charge in [0.25, 0.3) is 11.6 Å². The molecule has 1 aromatic carbocycles. The Labute approximate surface area is 121 Å². The van der Waals surface area contributed by atoms with Gasteiger partial charge in [-0.3, -0.25) is 14.9 Å². The molecule has 108 valence electrons. The number of nitrogens with two attached hydrogens (primary N) is 1. The Bertz CT molecular complexity index is 570. The fourth-order valence-electron chi connectivity index (χ4n) is 2.24. The van der Waals surface area contributed by atoms with E-state index in [1.165, 1.54) is 12.5 Å². The normalized spacial score (nSPS) is 16.3. The van der Waals surface area contributed by atoms with Crippen molar-refractivity contribution >= 4 is 28.9 Å². The number of carbonyl (C=O) groups excluding carboxylic acids is 1. The zero-order valence-corrected chi connectivity index (χ0v) is 11.9. The average Bonchev–Trinajstić information content (AvgIpc) is 2.36. The lowest BCUT2D eigenvalue weighted by Crippen LogP contribution is -2.39. The first kappa shape index (κ1) is 14.6. The first-order valence-electron chi connectivity index (χ1n) is 6.34. The van der Waals surface area contributed by atoms with Crippen LogP contribution in [0.3, 0.4) is 0 Å². The number of amides is 1. The van der Waals surface area contributed by atoms with E-state index in [1.54, 1.807) is 0 Å². The number of carbonyl (C=O) groups is 1. The highest BCUT2D eigenvalue weighted by molar-refractivity contribution is 6.34. The lowest BCUT2D eigenvalue weighted by molar-refractivity contribution is -0.383. The highest BCUT2D eigenvalue weighted by Crippen LogP contribution is 2.39. The van der Waals surface area contributed by atoms with E-state index < -0.39 is 4.92 Å². The monoisotopic (exact) mass is 297 g/mol. The zero-order valence-electron chi connectivity index (χ0n) is 11.1. The molecule has 6 nitrogen and oxygen atoms in total. The summed E-state index contributed by atoms with van der Waals surface area (Å²) < 4.78 is 0. The highest BCUT2D eigenvalue weighted by Gasteiger charge is 2.32. The van der Waals surface area contributed by atoms with Gasteiger partial charge in [0, 0.05) is 18.2 Å². The van der Waals surface area contributed by atoms with Gasteiger partial charge in [0.1, 0.15) is 5.69 Å². The van der Waals surface area contributed by atoms with Crippen LogP contribution in [0.4, 0.5) is 11.4 Å². The lowest BCUT2D eigenvalue weighted by Gasteiger charge is -2.38. The summed E-state index contributed by atoms with van der Waals surface area (Å²) in [5.74, 6) is -0.372. The molecule has 20 heavy (non-hydrogen) atoms. The Hall–Kier alpha value is -1.82. The fraction of sp³-hybridized carbons (Fsp3) is 0.462. The van der Waals surface area contributed by atoms with Gasteiger partial charge in [-0.2, -0.15) is 0 Å². The molecule has 2 rings (SSSR count). The van der Waals surface area contributed by atoms with Crippen LogP contribution in [0.15, 0.2) is 12.1 Å². The summed E-state index contributed by atoms with van der Waals surface area (Å²) in [5.41, 5.74) is 5.34. The summed E-state index contributed by atoms with van der Waals surface area (Å²) in [6, 6.07) is 2.50. The SMILES string of the molecule is CC1(CNC(=O)c2cc(Cl)c(N)c([N+](=O)[O-])c2)CCC1. The number of hydrogen-bond donors (Lipinski definition) is 2. The molecule has 0 aliphatic heterocycles. The first-order chi connectivity index (χ1) is 9.32.